The summed E-state index contributed by atoms with van der Waals surface area (Å²) in [6.07, 6.45) is 0. The summed E-state index contributed by atoms with van der Waals surface area (Å²) in [7, 11) is 0. The Labute approximate surface area is 208 Å². The summed E-state index contributed by atoms with van der Waals surface area (Å²) in [5.41, 5.74) is 18.3. The van der Waals surface area contributed by atoms with Gasteiger partial charge in [0.1, 0.15) is 0 Å². The van der Waals surface area contributed by atoms with E-state index in [0.717, 1.165) is 27.9 Å². The Bertz CT molecular complexity index is 1350. The number of benzene rings is 5. The van der Waals surface area contributed by atoms with E-state index in [-0.39, 0.29) is 5.41 Å². The molecule has 1 heteroatoms. The zero-order chi connectivity index (χ0) is 24.4. The number of nitrogen functional groups attached to an aromatic ring is 1. The fourth-order valence-corrected chi connectivity index (χ4v) is 4.71. The second-order valence-electron chi connectivity index (χ2n) is 10.1. The Kier molecular flexibility index (Phi) is 6.01. The van der Waals surface area contributed by atoms with Crippen molar-refractivity contribution in [2.45, 2.75) is 26.2 Å². The summed E-state index contributed by atoms with van der Waals surface area (Å²) in [5.74, 6) is 0. The number of hydrogen-bond acceptors (Lipinski definition) is 1. The average molecular weight is 454 g/mol. The highest BCUT2D eigenvalue weighted by atomic mass is 14.6. The molecule has 0 atom stereocenters. The van der Waals surface area contributed by atoms with Gasteiger partial charge < -0.3 is 5.73 Å². The number of hydrogen-bond donors (Lipinski definition) is 1. The zero-order valence-electron chi connectivity index (χ0n) is 20.6. The SMILES string of the molecule is CC(C)(C)c1cc(-c2ccccc2-c2ccccc2)c(N)c(-c2ccccc2-c2ccccc2)c1. The third-order valence-corrected chi connectivity index (χ3v) is 6.65. The van der Waals surface area contributed by atoms with E-state index in [0.29, 0.717) is 0 Å². The molecule has 0 bridgehead atoms. The molecular weight excluding hydrogens is 422 g/mol. The minimum atomic E-state index is -0.0272. The van der Waals surface area contributed by atoms with Gasteiger partial charge in [0.25, 0.3) is 0 Å². The summed E-state index contributed by atoms with van der Waals surface area (Å²) in [5, 5.41) is 0. The van der Waals surface area contributed by atoms with Gasteiger partial charge in [-0.05, 0) is 56.5 Å². The molecule has 0 aliphatic carbocycles. The largest absolute Gasteiger partial charge is 0.398 e. The minimum absolute atomic E-state index is 0.0272. The lowest BCUT2D eigenvalue weighted by Gasteiger charge is -2.25. The van der Waals surface area contributed by atoms with Gasteiger partial charge in [-0.15, -0.1) is 0 Å². The van der Waals surface area contributed by atoms with Gasteiger partial charge >= 0.3 is 0 Å². The van der Waals surface area contributed by atoms with Crippen molar-refractivity contribution in [3.8, 4) is 44.5 Å². The predicted molar refractivity (Wildman–Crippen MR) is 151 cm³/mol. The molecule has 0 aliphatic rings. The molecule has 5 aromatic carbocycles. The zero-order valence-corrected chi connectivity index (χ0v) is 20.6. The van der Waals surface area contributed by atoms with Crippen LogP contribution in [0.5, 0.6) is 0 Å². The average Bonchev–Trinajstić information content (AvgIpc) is 2.89. The Hall–Kier alpha value is -4.10. The van der Waals surface area contributed by atoms with Gasteiger partial charge in [0.2, 0.25) is 0 Å². The van der Waals surface area contributed by atoms with Crippen LogP contribution in [0.3, 0.4) is 0 Å². The highest BCUT2D eigenvalue weighted by Crippen LogP contribution is 2.44. The van der Waals surface area contributed by atoms with Crippen molar-refractivity contribution in [2.75, 3.05) is 5.73 Å². The topological polar surface area (TPSA) is 26.0 Å². The van der Waals surface area contributed by atoms with Crippen LogP contribution < -0.4 is 5.73 Å². The van der Waals surface area contributed by atoms with E-state index in [4.69, 9.17) is 5.73 Å². The van der Waals surface area contributed by atoms with Crippen molar-refractivity contribution in [1.29, 1.82) is 0 Å². The highest BCUT2D eigenvalue weighted by molar-refractivity contribution is 5.98. The predicted octanol–water partition coefficient (Wildman–Crippen LogP) is 9.23. The molecule has 0 heterocycles. The van der Waals surface area contributed by atoms with Crippen LogP contribution >= 0.6 is 0 Å². The monoisotopic (exact) mass is 453 g/mol. The molecule has 0 aromatic heterocycles. The van der Waals surface area contributed by atoms with Crippen LogP contribution in [-0.2, 0) is 5.41 Å². The van der Waals surface area contributed by atoms with Crippen LogP contribution in [0.25, 0.3) is 44.5 Å². The van der Waals surface area contributed by atoms with Gasteiger partial charge in [-0.1, -0.05) is 130 Å². The highest BCUT2D eigenvalue weighted by Gasteiger charge is 2.22. The first-order valence-corrected chi connectivity index (χ1v) is 12.2. The van der Waals surface area contributed by atoms with Gasteiger partial charge in [0.15, 0.2) is 0 Å². The molecule has 0 unspecified atom stereocenters. The van der Waals surface area contributed by atoms with Crippen molar-refractivity contribution in [1.82, 2.24) is 0 Å². The molecule has 1 nitrogen and oxygen atoms in total. The maximum absolute atomic E-state index is 7.05. The van der Waals surface area contributed by atoms with E-state index in [1.807, 2.05) is 0 Å². The molecule has 0 amide bonds. The molecule has 0 spiro atoms. The van der Waals surface area contributed by atoms with Crippen molar-refractivity contribution < 1.29 is 0 Å². The van der Waals surface area contributed by atoms with E-state index < -0.39 is 0 Å². The molecule has 172 valence electrons. The molecule has 2 N–H and O–H groups in total. The summed E-state index contributed by atoms with van der Waals surface area (Å²) in [6, 6.07) is 42.8. The van der Waals surface area contributed by atoms with Crippen LogP contribution in [0, 0.1) is 0 Å². The molecule has 0 saturated heterocycles. The molecule has 0 aliphatic heterocycles. The van der Waals surface area contributed by atoms with Crippen LogP contribution in [0.2, 0.25) is 0 Å². The van der Waals surface area contributed by atoms with E-state index in [9.17, 15) is 0 Å². The molecule has 0 radical (unpaired) electrons. The van der Waals surface area contributed by atoms with Gasteiger partial charge in [0.05, 0.1) is 0 Å². The molecule has 35 heavy (non-hydrogen) atoms. The van der Waals surface area contributed by atoms with E-state index in [2.05, 4.69) is 142 Å². The maximum Gasteiger partial charge on any atom is 0.0474 e. The smallest absolute Gasteiger partial charge is 0.0474 e. The number of rotatable bonds is 4. The molecule has 0 saturated carbocycles. The Morgan fingerprint density at radius 3 is 1.14 bits per heavy atom. The van der Waals surface area contributed by atoms with E-state index in [1.54, 1.807) is 0 Å². The molecular formula is C34H31N. The summed E-state index contributed by atoms with van der Waals surface area (Å²) >= 11 is 0. The lowest BCUT2D eigenvalue weighted by Crippen LogP contribution is -2.12. The normalized spacial score (nSPS) is 11.4. The summed E-state index contributed by atoms with van der Waals surface area (Å²) in [4.78, 5) is 0. The Balaban J connectivity index is 1.80. The van der Waals surface area contributed by atoms with Crippen LogP contribution in [0.1, 0.15) is 26.3 Å². The second-order valence-corrected chi connectivity index (χ2v) is 10.1. The third-order valence-electron chi connectivity index (χ3n) is 6.65. The van der Waals surface area contributed by atoms with Gasteiger partial charge in [-0.2, -0.15) is 0 Å². The third kappa shape index (κ3) is 4.50. The first kappa shape index (κ1) is 22.7. The molecule has 5 rings (SSSR count). The quantitative estimate of drug-likeness (QED) is 0.270. The first-order valence-electron chi connectivity index (χ1n) is 12.2. The van der Waals surface area contributed by atoms with Gasteiger partial charge in [0, 0.05) is 16.8 Å². The standard InChI is InChI=1S/C34H31N/c1-34(2,3)26-22-31(29-20-12-10-18-27(29)24-14-6-4-7-15-24)33(35)32(23-26)30-21-13-11-19-28(30)25-16-8-5-9-17-25/h4-23H,35H2,1-3H3. The fraction of sp³-hybridized carbons (Fsp3) is 0.118. The molecule has 0 fully saturated rings. The van der Waals surface area contributed by atoms with Crippen LogP contribution in [0.15, 0.2) is 121 Å². The van der Waals surface area contributed by atoms with Crippen LogP contribution in [0.4, 0.5) is 5.69 Å². The van der Waals surface area contributed by atoms with Crippen molar-refractivity contribution in [3.63, 3.8) is 0 Å². The van der Waals surface area contributed by atoms with Crippen LogP contribution in [-0.4, -0.2) is 0 Å². The lowest BCUT2D eigenvalue weighted by molar-refractivity contribution is 0.591. The maximum atomic E-state index is 7.05. The Morgan fingerprint density at radius 2 is 0.771 bits per heavy atom. The van der Waals surface area contributed by atoms with Crippen molar-refractivity contribution >= 4 is 5.69 Å². The lowest BCUT2D eigenvalue weighted by atomic mass is 9.80. The van der Waals surface area contributed by atoms with E-state index >= 15 is 0 Å². The second kappa shape index (κ2) is 9.27. The van der Waals surface area contributed by atoms with Crippen molar-refractivity contribution in [3.05, 3.63) is 127 Å². The Morgan fingerprint density at radius 1 is 0.429 bits per heavy atom. The van der Waals surface area contributed by atoms with Gasteiger partial charge in [-0.3, -0.25) is 0 Å². The first-order chi connectivity index (χ1) is 16.9. The fourth-order valence-electron chi connectivity index (χ4n) is 4.71. The number of nitrogens with two attached hydrogens (primary N) is 1. The summed E-state index contributed by atoms with van der Waals surface area (Å²) in [6.45, 7) is 6.79. The van der Waals surface area contributed by atoms with E-state index in [1.165, 1.54) is 27.8 Å². The number of anilines is 1. The van der Waals surface area contributed by atoms with Crippen molar-refractivity contribution in [2.24, 2.45) is 0 Å². The summed E-state index contributed by atoms with van der Waals surface area (Å²) < 4.78 is 0. The van der Waals surface area contributed by atoms with Gasteiger partial charge in [-0.25, -0.2) is 0 Å². The molecule has 5 aromatic rings. The minimum Gasteiger partial charge on any atom is -0.398 e.